The Labute approximate surface area is 118 Å². The molecule has 1 aliphatic rings. The first-order valence-corrected chi connectivity index (χ1v) is 7.89. The van der Waals surface area contributed by atoms with E-state index in [1.54, 1.807) is 6.92 Å². The summed E-state index contributed by atoms with van der Waals surface area (Å²) < 4.78 is 26.4. The molecule has 0 bridgehead atoms. The Balaban J connectivity index is 2.25. The molecular weight excluding hydrogens is 276 g/mol. The minimum atomic E-state index is -3.53. The molecule has 0 saturated carbocycles. The van der Waals surface area contributed by atoms with Gasteiger partial charge in [-0.05, 0) is 43.5 Å². The molecule has 6 heteroatoms. The van der Waals surface area contributed by atoms with Crippen LogP contribution in [0.3, 0.4) is 0 Å². The van der Waals surface area contributed by atoms with Gasteiger partial charge in [-0.25, -0.2) is 8.42 Å². The second-order valence-corrected chi connectivity index (χ2v) is 6.90. The summed E-state index contributed by atoms with van der Waals surface area (Å²) in [5.41, 5.74) is 1.12. The lowest BCUT2D eigenvalue weighted by atomic mass is 10.0. The van der Waals surface area contributed by atoms with Crippen LogP contribution in [0, 0.1) is 24.2 Å². The zero-order valence-electron chi connectivity index (χ0n) is 11.2. The molecule has 2 rings (SSSR count). The number of hydrogen-bond donors (Lipinski definition) is 0. The van der Waals surface area contributed by atoms with Crippen molar-refractivity contribution in [1.29, 1.82) is 5.26 Å². The van der Waals surface area contributed by atoms with Crippen molar-refractivity contribution in [3.63, 3.8) is 0 Å². The van der Waals surface area contributed by atoms with Crippen LogP contribution in [0.1, 0.15) is 24.0 Å². The molecule has 20 heavy (non-hydrogen) atoms. The number of benzene rings is 1. The van der Waals surface area contributed by atoms with Gasteiger partial charge >= 0.3 is 0 Å². The van der Waals surface area contributed by atoms with Crippen LogP contribution in [0.2, 0.25) is 0 Å². The maximum absolute atomic E-state index is 12.5. The minimum absolute atomic E-state index is 0.0378. The van der Waals surface area contributed by atoms with Crippen LogP contribution in [0.25, 0.3) is 0 Å². The monoisotopic (exact) mass is 292 g/mol. The van der Waals surface area contributed by atoms with E-state index in [4.69, 9.17) is 5.26 Å². The van der Waals surface area contributed by atoms with Crippen LogP contribution in [-0.4, -0.2) is 32.1 Å². The van der Waals surface area contributed by atoms with E-state index in [-0.39, 0.29) is 10.8 Å². The standard InChI is InChI=1S/C14H16N2O3S/c1-11-8-14(3-2-13(11)9-15)20(18,19)16-6-4-12(10-17)5-7-16/h2-3,8,10,12H,4-7H2,1H3. The Morgan fingerprint density at radius 3 is 2.50 bits per heavy atom. The highest BCUT2D eigenvalue weighted by atomic mass is 32.2. The minimum Gasteiger partial charge on any atom is -0.303 e. The Kier molecular flexibility index (Phi) is 4.21. The lowest BCUT2D eigenvalue weighted by Gasteiger charge is -2.28. The summed E-state index contributed by atoms with van der Waals surface area (Å²) in [7, 11) is -3.53. The summed E-state index contributed by atoms with van der Waals surface area (Å²) in [6.45, 7) is 2.45. The average molecular weight is 292 g/mol. The third kappa shape index (κ3) is 2.74. The SMILES string of the molecule is Cc1cc(S(=O)(=O)N2CCC(C=O)CC2)ccc1C#N. The predicted octanol–water partition coefficient (Wildman–Crippen LogP) is 1.47. The largest absolute Gasteiger partial charge is 0.303 e. The van der Waals surface area contributed by atoms with E-state index < -0.39 is 10.0 Å². The summed E-state index contributed by atoms with van der Waals surface area (Å²) in [6.07, 6.45) is 2.03. The Morgan fingerprint density at radius 2 is 2.00 bits per heavy atom. The van der Waals surface area contributed by atoms with Gasteiger partial charge in [0.15, 0.2) is 0 Å². The maximum atomic E-state index is 12.5. The van der Waals surface area contributed by atoms with Gasteiger partial charge in [-0.1, -0.05) is 0 Å². The van der Waals surface area contributed by atoms with Gasteiger partial charge < -0.3 is 4.79 Å². The van der Waals surface area contributed by atoms with Gasteiger partial charge in [0.2, 0.25) is 10.0 Å². The average Bonchev–Trinajstić information content (AvgIpc) is 2.47. The van der Waals surface area contributed by atoms with Crippen LogP contribution in [-0.2, 0) is 14.8 Å². The Morgan fingerprint density at radius 1 is 1.35 bits per heavy atom. The molecule has 0 radical (unpaired) electrons. The normalized spacial score (nSPS) is 17.6. The van der Waals surface area contributed by atoms with Crippen molar-refractivity contribution >= 4 is 16.3 Å². The molecule has 1 saturated heterocycles. The second kappa shape index (κ2) is 5.73. The van der Waals surface area contributed by atoms with Crippen LogP contribution in [0.5, 0.6) is 0 Å². The van der Waals surface area contributed by atoms with E-state index in [2.05, 4.69) is 0 Å². The summed E-state index contributed by atoms with van der Waals surface area (Å²) in [6, 6.07) is 6.54. The lowest BCUT2D eigenvalue weighted by molar-refractivity contribution is -0.112. The summed E-state index contributed by atoms with van der Waals surface area (Å²) >= 11 is 0. The van der Waals surface area contributed by atoms with Gasteiger partial charge in [0.1, 0.15) is 6.29 Å². The van der Waals surface area contributed by atoms with Crippen LogP contribution in [0.15, 0.2) is 23.1 Å². The van der Waals surface area contributed by atoms with Gasteiger partial charge in [0.25, 0.3) is 0 Å². The third-order valence-electron chi connectivity index (χ3n) is 3.65. The number of aryl methyl sites for hydroxylation is 1. The molecule has 1 aliphatic heterocycles. The molecule has 5 nitrogen and oxygen atoms in total. The summed E-state index contributed by atoms with van der Waals surface area (Å²) in [4.78, 5) is 10.9. The number of carbonyl (C=O) groups excluding carboxylic acids is 1. The molecule has 1 aromatic rings. The van der Waals surface area contributed by atoms with Gasteiger partial charge in [-0.2, -0.15) is 9.57 Å². The number of piperidine rings is 1. The van der Waals surface area contributed by atoms with Crippen LogP contribution in [0.4, 0.5) is 0 Å². The Hall–Kier alpha value is -1.71. The number of rotatable bonds is 3. The van der Waals surface area contributed by atoms with Crippen molar-refractivity contribution in [1.82, 2.24) is 4.31 Å². The maximum Gasteiger partial charge on any atom is 0.243 e. The van der Waals surface area contributed by atoms with Crippen LogP contribution >= 0.6 is 0 Å². The van der Waals surface area contributed by atoms with E-state index in [1.807, 2.05) is 6.07 Å². The molecule has 1 heterocycles. The number of aldehydes is 1. The fourth-order valence-corrected chi connectivity index (χ4v) is 3.88. The van der Waals surface area contributed by atoms with Gasteiger partial charge in [0, 0.05) is 19.0 Å². The molecule has 0 unspecified atom stereocenters. The van der Waals surface area contributed by atoms with Crippen molar-refractivity contribution in [2.45, 2.75) is 24.7 Å². The molecule has 1 fully saturated rings. The fraction of sp³-hybridized carbons (Fsp3) is 0.429. The number of hydrogen-bond acceptors (Lipinski definition) is 4. The summed E-state index contributed by atoms with van der Waals surface area (Å²) in [5.74, 6) is -0.0378. The number of carbonyl (C=O) groups is 1. The van der Waals surface area contributed by atoms with Crippen molar-refractivity contribution in [3.05, 3.63) is 29.3 Å². The molecule has 106 valence electrons. The van der Waals surface area contributed by atoms with Crippen molar-refractivity contribution in [2.75, 3.05) is 13.1 Å². The fourth-order valence-electron chi connectivity index (χ4n) is 2.32. The summed E-state index contributed by atoms with van der Waals surface area (Å²) in [5, 5.41) is 8.87. The first-order chi connectivity index (χ1) is 9.48. The van der Waals surface area contributed by atoms with Crippen molar-refractivity contribution in [2.24, 2.45) is 5.92 Å². The van der Waals surface area contributed by atoms with E-state index in [1.165, 1.54) is 22.5 Å². The quantitative estimate of drug-likeness (QED) is 0.790. The van der Waals surface area contributed by atoms with Gasteiger partial charge in [-0.15, -0.1) is 0 Å². The van der Waals surface area contributed by atoms with E-state index in [0.29, 0.717) is 37.1 Å². The predicted molar refractivity (Wildman–Crippen MR) is 73.4 cm³/mol. The third-order valence-corrected chi connectivity index (χ3v) is 5.54. The lowest BCUT2D eigenvalue weighted by Crippen LogP contribution is -2.38. The first-order valence-electron chi connectivity index (χ1n) is 6.45. The smallest absolute Gasteiger partial charge is 0.243 e. The van der Waals surface area contributed by atoms with Crippen molar-refractivity contribution < 1.29 is 13.2 Å². The highest BCUT2D eigenvalue weighted by Gasteiger charge is 2.29. The van der Waals surface area contributed by atoms with Gasteiger partial charge in [0.05, 0.1) is 16.5 Å². The highest BCUT2D eigenvalue weighted by Crippen LogP contribution is 2.24. The number of nitriles is 1. The molecular formula is C14H16N2O3S. The van der Waals surface area contributed by atoms with Gasteiger partial charge in [-0.3, -0.25) is 0 Å². The zero-order valence-corrected chi connectivity index (χ0v) is 12.1. The highest BCUT2D eigenvalue weighted by molar-refractivity contribution is 7.89. The topological polar surface area (TPSA) is 78.2 Å². The number of nitrogens with zero attached hydrogens (tertiary/aromatic N) is 2. The van der Waals surface area contributed by atoms with E-state index >= 15 is 0 Å². The Bertz CT molecular complexity index is 653. The molecule has 0 atom stereocenters. The van der Waals surface area contributed by atoms with E-state index in [9.17, 15) is 13.2 Å². The zero-order chi connectivity index (χ0) is 14.8. The van der Waals surface area contributed by atoms with E-state index in [0.717, 1.165) is 6.29 Å². The number of sulfonamides is 1. The second-order valence-electron chi connectivity index (χ2n) is 4.97. The molecule has 0 N–H and O–H groups in total. The van der Waals surface area contributed by atoms with Crippen LogP contribution < -0.4 is 0 Å². The molecule has 1 aromatic carbocycles. The molecule has 0 spiro atoms. The molecule has 0 amide bonds. The molecule has 0 aromatic heterocycles. The van der Waals surface area contributed by atoms with Crippen molar-refractivity contribution in [3.8, 4) is 6.07 Å². The molecule has 0 aliphatic carbocycles. The first kappa shape index (κ1) is 14.7.